The second kappa shape index (κ2) is 15.8. The molecule has 0 saturated carbocycles. The molecular weight excluding hydrogens is 665 g/mol. The zero-order valence-electron chi connectivity index (χ0n) is 25.8. The van der Waals surface area contributed by atoms with E-state index in [1.165, 1.54) is 29.2 Å². The molecule has 242 valence electrons. The number of benzene rings is 4. The van der Waals surface area contributed by atoms with E-state index in [0.29, 0.717) is 32.7 Å². The van der Waals surface area contributed by atoms with Gasteiger partial charge in [0, 0.05) is 24.0 Å². The lowest BCUT2D eigenvalue weighted by atomic mass is 10.0. The number of hydrogen-bond donors (Lipinski definition) is 1. The van der Waals surface area contributed by atoms with Crippen LogP contribution in [0.25, 0.3) is 0 Å². The van der Waals surface area contributed by atoms with E-state index in [9.17, 15) is 18.0 Å². The second-order valence-corrected chi connectivity index (χ2v) is 14.2. The number of aryl methyl sites for hydroxylation is 1. The maximum atomic E-state index is 14.5. The highest BCUT2D eigenvalue weighted by Gasteiger charge is 2.35. The molecule has 11 heteroatoms. The summed E-state index contributed by atoms with van der Waals surface area (Å²) in [6.45, 7) is 5.13. The first-order valence-corrected chi connectivity index (χ1v) is 17.4. The number of anilines is 1. The lowest BCUT2D eigenvalue weighted by molar-refractivity contribution is -0.140. The molecule has 0 radical (unpaired) electrons. The van der Waals surface area contributed by atoms with Gasteiger partial charge < -0.3 is 10.2 Å². The molecule has 2 atom stereocenters. The van der Waals surface area contributed by atoms with E-state index in [1.54, 1.807) is 42.5 Å². The van der Waals surface area contributed by atoms with Crippen molar-refractivity contribution in [3.63, 3.8) is 0 Å². The Morgan fingerprint density at radius 3 is 2.09 bits per heavy atom. The first-order chi connectivity index (χ1) is 21.9. The van der Waals surface area contributed by atoms with Crippen LogP contribution in [-0.4, -0.2) is 43.8 Å². The molecule has 0 unspecified atom stereocenters. The van der Waals surface area contributed by atoms with Gasteiger partial charge in [-0.15, -0.1) is 0 Å². The van der Waals surface area contributed by atoms with Crippen LogP contribution in [-0.2, 0) is 32.6 Å². The Kier molecular flexibility index (Phi) is 12.1. The van der Waals surface area contributed by atoms with Crippen molar-refractivity contribution >= 4 is 62.3 Å². The predicted octanol–water partition coefficient (Wildman–Crippen LogP) is 7.71. The van der Waals surface area contributed by atoms with E-state index in [-0.39, 0.29) is 29.8 Å². The molecule has 4 aromatic carbocycles. The highest BCUT2D eigenvalue weighted by atomic mass is 35.5. The van der Waals surface area contributed by atoms with Gasteiger partial charge in [-0.05, 0) is 79.9 Å². The van der Waals surface area contributed by atoms with Crippen LogP contribution < -0.4 is 9.62 Å². The normalized spacial score (nSPS) is 12.7. The van der Waals surface area contributed by atoms with Gasteiger partial charge in [0.25, 0.3) is 10.0 Å². The molecule has 4 rings (SSSR count). The van der Waals surface area contributed by atoms with Crippen LogP contribution in [0.15, 0.2) is 102 Å². The fraction of sp³-hybridized carbons (Fsp3) is 0.257. The minimum Gasteiger partial charge on any atom is -0.352 e. The Balaban J connectivity index is 1.82. The van der Waals surface area contributed by atoms with Crippen LogP contribution in [0, 0.1) is 6.92 Å². The van der Waals surface area contributed by atoms with Crippen LogP contribution in [0.2, 0.25) is 15.1 Å². The summed E-state index contributed by atoms with van der Waals surface area (Å²) in [5.41, 5.74) is 2.68. The highest BCUT2D eigenvalue weighted by Crippen LogP contribution is 2.28. The van der Waals surface area contributed by atoms with Crippen LogP contribution in [0.3, 0.4) is 0 Å². The fourth-order valence-electron chi connectivity index (χ4n) is 4.80. The predicted molar refractivity (Wildman–Crippen MR) is 186 cm³/mol. The molecule has 7 nitrogen and oxygen atoms in total. The minimum atomic E-state index is -4.24. The molecule has 0 heterocycles. The summed E-state index contributed by atoms with van der Waals surface area (Å²) in [4.78, 5) is 29.8. The molecule has 0 aliphatic heterocycles. The van der Waals surface area contributed by atoms with Crippen molar-refractivity contribution in [1.82, 2.24) is 10.2 Å². The average molecular weight is 701 g/mol. The molecule has 1 N–H and O–H groups in total. The summed E-state index contributed by atoms with van der Waals surface area (Å²) in [7, 11) is -4.24. The van der Waals surface area contributed by atoms with Gasteiger partial charge in [0.05, 0.1) is 20.6 Å². The molecule has 0 bridgehead atoms. The van der Waals surface area contributed by atoms with Gasteiger partial charge in [-0.1, -0.05) is 95.8 Å². The zero-order valence-corrected chi connectivity index (χ0v) is 28.9. The Labute approximate surface area is 286 Å². The summed E-state index contributed by atoms with van der Waals surface area (Å²) in [6.07, 6.45) is 0.885. The molecule has 2 amide bonds. The lowest BCUT2D eigenvalue weighted by Gasteiger charge is -2.34. The smallest absolute Gasteiger partial charge is 0.264 e. The van der Waals surface area contributed by atoms with Crippen molar-refractivity contribution in [2.24, 2.45) is 0 Å². The van der Waals surface area contributed by atoms with Gasteiger partial charge in [-0.3, -0.25) is 13.9 Å². The summed E-state index contributed by atoms with van der Waals surface area (Å²) in [5.74, 6) is -0.932. The molecule has 4 aromatic rings. The van der Waals surface area contributed by atoms with Crippen LogP contribution in [0.4, 0.5) is 5.69 Å². The van der Waals surface area contributed by atoms with Crippen LogP contribution in [0.1, 0.15) is 37.0 Å². The van der Waals surface area contributed by atoms with E-state index in [4.69, 9.17) is 34.8 Å². The van der Waals surface area contributed by atoms with Gasteiger partial charge in [-0.25, -0.2) is 8.42 Å². The topological polar surface area (TPSA) is 86.8 Å². The Morgan fingerprint density at radius 1 is 0.826 bits per heavy atom. The third kappa shape index (κ3) is 9.04. The quantitative estimate of drug-likeness (QED) is 0.155. The van der Waals surface area contributed by atoms with Crippen molar-refractivity contribution in [1.29, 1.82) is 0 Å². The highest BCUT2D eigenvalue weighted by molar-refractivity contribution is 7.92. The van der Waals surface area contributed by atoms with E-state index < -0.39 is 28.5 Å². The maximum absolute atomic E-state index is 14.5. The minimum absolute atomic E-state index is 0.0239. The summed E-state index contributed by atoms with van der Waals surface area (Å²) < 4.78 is 29.3. The third-order valence-corrected chi connectivity index (χ3v) is 10.4. The number of sulfonamides is 1. The summed E-state index contributed by atoms with van der Waals surface area (Å²) in [5, 5.41) is 4.03. The van der Waals surface area contributed by atoms with E-state index >= 15 is 0 Å². The van der Waals surface area contributed by atoms with Crippen molar-refractivity contribution in [3.05, 3.63) is 129 Å². The van der Waals surface area contributed by atoms with Gasteiger partial charge in [0.2, 0.25) is 11.8 Å². The van der Waals surface area contributed by atoms with Crippen molar-refractivity contribution in [2.75, 3.05) is 10.8 Å². The number of nitrogens with one attached hydrogen (secondary N) is 1. The number of amides is 2. The number of carbonyl (C=O) groups excluding carboxylic acids is 2. The van der Waals surface area contributed by atoms with E-state index in [2.05, 4.69) is 5.32 Å². The number of carbonyl (C=O) groups is 2. The maximum Gasteiger partial charge on any atom is 0.264 e. The summed E-state index contributed by atoms with van der Waals surface area (Å²) in [6, 6.07) is 25.8. The second-order valence-electron chi connectivity index (χ2n) is 11.1. The van der Waals surface area contributed by atoms with Crippen molar-refractivity contribution in [3.8, 4) is 0 Å². The SMILES string of the molecule is CC[C@H](C)NC(=O)[C@H](Cc1ccccc1)N(Cc1ccc(Cl)c(Cl)c1)C(=O)CN(c1ccc(C)cc1)S(=O)(=O)c1ccc(Cl)cc1. The number of nitrogens with zero attached hydrogens (tertiary/aromatic N) is 2. The first-order valence-electron chi connectivity index (χ1n) is 14.8. The first kappa shape index (κ1) is 35.3. The molecule has 0 spiro atoms. The molecule has 0 saturated heterocycles. The van der Waals surface area contributed by atoms with Gasteiger partial charge in [0.15, 0.2) is 0 Å². The molecule has 0 aliphatic rings. The summed E-state index contributed by atoms with van der Waals surface area (Å²) >= 11 is 18.6. The molecule has 0 aliphatic carbocycles. The van der Waals surface area contributed by atoms with E-state index in [1.807, 2.05) is 51.1 Å². The average Bonchev–Trinajstić information content (AvgIpc) is 3.04. The third-order valence-electron chi connectivity index (χ3n) is 7.61. The van der Waals surface area contributed by atoms with Gasteiger partial charge in [0.1, 0.15) is 12.6 Å². The number of hydrogen-bond acceptors (Lipinski definition) is 4. The van der Waals surface area contributed by atoms with Crippen LogP contribution in [0.5, 0.6) is 0 Å². The number of halogens is 3. The molecular formula is C35H36Cl3N3O4S. The molecule has 0 aromatic heterocycles. The molecule has 46 heavy (non-hydrogen) atoms. The van der Waals surface area contributed by atoms with Crippen molar-refractivity contribution in [2.45, 2.75) is 57.1 Å². The Bertz CT molecular complexity index is 1750. The van der Waals surface area contributed by atoms with Crippen molar-refractivity contribution < 1.29 is 18.0 Å². The fourth-order valence-corrected chi connectivity index (χ4v) is 6.66. The van der Waals surface area contributed by atoms with Gasteiger partial charge >= 0.3 is 0 Å². The Morgan fingerprint density at radius 2 is 1.48 bits per heavy atom. The largest absolute Gasteiger partial charge is 0.352 e. The lowest BCUT2D eigenvalue weighted by Crippen LogP contribution is -2.54. The molecule has 0 fully saturated rings. The zero-order chi connectivity index (χ0) is 33.4. The Hall–Kier alpha value is -3.56. The monoisotopic (exact) mass is 699 g/mol. The van der Waals surface area contributed by atoms with Crippen LogP contribution >= 0.6 is 34.8 Å². The van der Waals surface area contributed by atoms with Gasteiger partial charge in [-0.2, -0.15) is 0 Å². The van der Waals surface area contributed by atoms with E-state index in [0.717, 1.165) is 15.4 Å². The standard InChI is InChI=1S/C35H36Cl3N3O4S/c1-4-25(3)39-35(43)33(21-26-8-6-5-7-9-26)40(22-27-12-19-31(37)32(38)20-27)34(42)23-41(29-15-10-24(2)11-16-29)46(44,45)30-17-13-28(36)14-18-30/h5-20,25,33H,4,21-23H2,1-3H3,(H,39,43)/t25-,33-/m0/s1. The number of rotatable bonds is 13.